The highest BCUT2D eigenvalue weighted by Gasteiger charge is 2.45. The number of rotatable bonds is 6. The van der Waals surface area contributed by atoms with Gasteiger partial charge in [-0.25, -0.2) is 4.79 Å². The van der Waals surface area contributed by atoms with Crippen LogP contribution in [0, 0.1) is 0 Å². The van der Waals surface area contributed by atoms with Gasteiger partial charge in [0.1, 0.15) is 0 Å². The second-order valence-electron chi connectivity index (χ2n) is 6.25. The van der Waals surface area contributed by atoms with Gasteiger partial charge in [-0.2, -0.15) is 0 Å². The van der Waals surface area contributed by atoms with E-state index in [1.807, 2.05) is 42.5 Å². The lowest BCUT2D eigenvalue weighted by molar-refractivity contribution is 0.247. The van der Waals surface area contributed by atoms with Crippen LogP contribution >= 0.6 is 0 Å². The molecule has 2 amide bonds. The zero-order valence-electron chi connectivity index (χ0n) is 14.4. The number of hydrogen-bond donors (Lipinski definition) is 2. The standard InChI is InChI=1S/C20H25N3O/c1-3-23(4-2)18-12-10-17(11-13-18)21-19(24)22-20(14-15-20)16-8-6-5-7-9-16/h5-13H,3-4,14-15H2,1-2H3,(H2,21,22,24). The molecule has 0 bridgehead atoms. The molecule has 0 heterocycles. The van der Waals surface area contributed by atoms with Gasteiger partial charge in [-0.1, -0.05) is 30.3 Å². The smallest absolute Gasteiger partial charge is 0.319 e. The van der Waals surface area contributed by atoms with Gasteiger partial charge in [-0.15, -0.1) is 0 Å². The van der Waals surface area contributed by atoms with Crippen LogP contribution in [0.2, 0.25) is 0 Å². The first-order valence-electron chi connectivity index (χ1n) is 8.66. The molecule has 126 valence electrons. The SMILES string of the molecule is CCN(CC)c1ccc(NC(=O)NC2(c3ccccc3)CC2)cc1. The first kappa shape index (κ1) is 16.4. The van der Waals surface area contributed by atoms with Gasteiger partial charge in [0.05, 0.1) is 5.54 Å². The van der Waals surface area contributed by atoms with Crippen LogP contribution in [-0.4, -0.2) is 19.1 Å². The van der Waals surface area contributed by atoms with Crippen LogP contribution in [0.4, 0.5) is 16.2 Å². The summed E-state index contributed by atoms with van der Waals surface area (Å²) in [7, 11) is 0. The van der Waals surface area contributed by atoms with Crippen molar-refractivity contribution in [3.63, 3.8) is 0 Å². The second-order valence-corrected chi connectivity index (χ2v) is 6.25. The predicted molar refractivity (Wildman–Crippen MR) is 99.5 cm³/mol. The summed E-state index contributed by atoms with van der Waals surface area (Å²) in [6.45, 7) is 6.23. The fourth-order valence-electron chi connectivity index (χ4n) is 3.09. The van der Waals surface area contributed by atoms with E-state index < -0.39 is 0 Å². The summed E-state index contributed by atoms with van der Waals surface area (Å²) in [5, 5.41) is 6.07. The van der Waals surface area contributed by atoms with E-state index in [2.05, 4.69) is 41.5 Å². The molecule has 4 heteroatoms. The van der Waals surface area contributed by atoms with E-state index in [1.165, 1.54) is 11.3 Å². The number of carbonyl (C=O) groups excluding carboxylic acids is 1. The lowest BCUT2D eigenvalue weighted by Crippen LogP contribution is -2.38. The van der Waals surface area contributed by atoms with Gasteiger partial charge in [0.25, 0.3) is 0 Å². The van der Waals surface area contributed by atoms with Crippen molar-refractivity contribution in [2.45, 2.75) is 32.2 Å². The van der Waals surface area contributed by atoms with E-state index in [0.717, 1.165) is 31.6 Å². The van der Waals surface area contributed by atoms with Crippen molar-refractivity contribution >= 4 is 17.4 Å². The molecule has 1 fully saturated rings. The maximum Gasteiger partial charge on any atom is 0.319 e. The molecule has 2 N–H and O–H groups in total. The normalized spacial score (nSPS) is 14.8. The summed E-state index contributed by atoms with van der Waals surface area (Å²) in [6.07, 6.45) is 1.98. The van der Waals surface area contributed by atoms with Crippen LogP contribution in [-0.2, 0) is 5.54 Å². The molecule has 4 nitrogen and oxygen atoms in total. The Labute approximate surface area is 143 Å². The molecule has 1 aliphatic carbocycles. The first-order valence-corrected chi connectivity index (χ1v) is 8.66. The fourth-order valence-corrected chi connectivity index (χ4v) is 3.09. The summed E-state index contributed by atoms with van der Waals surface area (Å²) in [5.74, 6) is 0. The van der Waals surface area contributed by atoms with E-state index >= 15 is 0 Å². The minimum Gasteiger partial charge on any atom is -0.372 e. The van der Waals surface area contributed by atoms with Crippen LogP contribution in [0.5, 0.6) is 0 Å². The van der Waals surface area contributed by atoms with Crippen LogP contribution in [0.3, 0.4) is 0 Å². The summed E-state index contributed by atoms with van der Waals surface area (Å²) >= 11 is 0. The van der Waals surface area contributed by atoms with Crippen LogP contribution < -0.4 is 15.5 Å². The second kappa shape index (κ2) is 6.95. The average Bonchev–Trinajstić information content (AvgIpc) is 3.39. The summed E-state index contributed by atoms with van der Waals surface area (Å²) in [5.41, 5.74) is 2.98. The average molecular weight is 323 g/mol. The van der Waals surface area contributed by atoms with E-state index in [9.17, 15) is 4.79 Å². The van der Waals surface area contributed by atoms with Crippen molar-refractivity contribution in [1.29, 1.82) is 0 Å². The fraction of sp³-hybridized carbons (Fsp3) is 0.350. The molecule has 0 atom stereocenters. The highest BCUT2D eigenvalue weighted by molar-refractivity contribution is 5.90. The molecule has 1 saturated carbocycles. The monoisotopic (exact) mass is 323 g/mol. The molecule has 1 aliphatic rings. The quantitative estimate of drug-likeness (QED) is 0.830. The summed E-state index contributed by atoms with van der Waals surface area (Å²) in [6, 6.07) is 18.0. The zero-order valence-corrected chi connectivity index (χ0v) is 14.4. The maximum atomic E-state index is 12.3. The maximum absolute atomic E-state index is 12.3. The van der Waals surface area contributed by atoms with Gasteiger partial charge >= 0.3 is 6.03 Å². The van der Waals surface area contributed by atoms with Gasteiger partial charge in [0.2, 0.25) is 0 Å². The molecule has 0 spiro atoms. The number of carbonyl (C=O) groups is 1. The Morgan fingerprint density at radius 3 is 2.17 bits per heavy atom. The Morgan fingerprint density at radius 2 is 1.62 bits per heavy atom. The van der Waals surface area contributed by atoms with Crippen LogP contribution in [0.25, 0.3) is 0 Å². The molecule has 0 saturated heterocycles. The molecular formula is C20H25N3O. The van der Waals surface area contributed by atoms with Crippen molar-refractivity contribution in [2.24, 2.45) is 0 Å². The molecule has 0 unspecified atom stereocenters. The third kappa shape index (κ3) is 3.53. The Morgan fingerprint density at radius 1 is 1.00 bits per heavy atom. The summed E-state index contributed by atoms with van der Waals surface area (Å²) < 4.78 is 0. The highest BCUT2D eigenvalue weighted by Crippen LogP contribution is 2.45. The molecule has 3 rings (SSSR count). The third-order valence-corrected chi connectivity index (χ3v) is 4.68. The predicted octanol–water partition coefficient (Wildman–Crippen LogP) is 4.34. The van der Waals surface area contributed by atoms with Crippen LogP contribution in [0.15, 0.2) is 54.6 Å². The molecule has 2 aromatic rings. The molecule has 0 aromatic heterocycles. The Balaban J connectivity index is 1.61. The molecule has 2 aromatic carbocycles. The summed E-state index contributed by atoms with van der Waals surface area (Å²) in [4.78, 5) is 14.6. The van der Waals surface area contributed by atoms with Crippen molar-refractivity contribution in [3.05, 3.63) is 60.2 Å². The Kier molecular flexibility index (Phi) is 4.74. The van der Waals surface area contributed by atoms with Crippen molar-refractivity contribution < 1.29 is 4.79 Å². The van der Waals surface area contributed by atoms with Gasteiger partial charge in [0, 0.05) is 24.5 Å². The molecule has 0 aliphatic heterocycles. The Bertz CT molecular complexity index is 674. The van der Waals surface area contributed by atoms with Crippen molar-refractivity contribution in [1.82, 2.24) is 5.32 Å². The number of anilines is 2. The minimum absolute atomic E-state index is 0.146. The minimum atomic E-state index is -0.188. The van der Waals surface area contributed by atoms with E-state index in [-0.39, 0.29) is 11.6 Å². The molecular weight excluding hydrogens is 298 g/mol. The van der Waals surface area contributed by atoms with Crippen LogP contribution in [0.1, 0.15) is 32.3 Å². The number of nitrogens with zero attached hydrogens (tertiary/aromatic N) is 1. The number of amides is 2. The highest BCUT2D eigenvalue weighted by atomic mass is 16.2. The number of hydrogen-bond acceptors (Lipinski definition) is 2. The van der Waals surface area contributed by atoms with E-state index in [1.54, 1.807) is 0 Å². The zero-order chi connectivity index (χ0) is 17.0. The van der Waals surface area contributed by atoms with Gasteiger partial charge < -0.3 is 15.5 Å². The third-order valence-electron chi connectivity index (χ3n) is 4.68. The lowest BCUT2D eigenvalue weighted by Gasteiger charge is -2.21. The number of benzene rings is 2. The lowest BCUT2D eigenvalue weighted by atomic mass is 10.1. The van der Waals surface area contributed by atoms with E-state index in [4.69, 9.17) is 0 Å². The topological polar surface area (TPSA) is 44.4 Å². The molecule has 24 heavy (non-hydrogen) atoms. The van der Waals surface area contributed by atoms with Crippen molar-refractivity contribution in [3.8, 4) is 0 Å². The number of nitrogens with one attached hydrogen (secondary N) is 2. The van der Waals surface area contributed by atoms with Gasteiger partial charge in [-0.3, -0.25) is 0 Å². The first-order chi connectivity index (χ1) is 11.7. The largest absolute Gasteiger partial charge is 0.372 e. The van der Waals surface area contributed by atoms with Gasteiger partial charge in [0.15, 0.2) is 0 Å². The van der Waals surface area contributed by atoms with Gasteiger partial charge in [-0.05, 0) is 56.5 Å². The van der Waals surface area contributed by atoms with Crippen molar-refractivity contribution in [2.75, 3.05) is 23.3 Å². The Hall–Kier alpha value is -2.49. The number of urea groups is 1. The molecule has 0 radical (unpaired) electrons. The van der Waals surface area contributed by atoms with E-state index in [0.29, 0.717) is 0 Å².